The SMILES string of the molecule is C#CCCCc1cn(-c2cc(C(=O)OC)cc(-n3cc(CNCC#C)nn3)c2)nn1. The molecule has 2 aromatic heterocycles. The van der Waals surface area contributed by atoms with Gasteiger partial charge in [-0.2, -0.15) is 0 Å². The van der Waals surface area contributed by atoms with Gasteiger partial charge >= 0.3 is 5.97 Å². The fraction of sp³-hybridized carbons (Fsp3) is 0.286. The molecule has 152 valence electrons. The van der Waals surface area contributed by atoms with Crippen LogP contribution in [0.5, 0.6) is 0 Å². The summed E-state index contributed by atoms with van der Waals surface area (Å²) in [5.74, 6) is 4.64. The van der Waals surface area contributed by atoms with Crippen molar-refractivity contribution in [3.05, 3.63) is 47.5 Å². The Labute approximate surface area is 174 Å². The Balaban J connectivity index is 1.91. The fourth-order valence-electron chi connectivity index (χ4n) is 2.77. The van der Waals surface area contributed by atoms with Gasteiger partial charge in [0.15, 0.2) is 0 Å². The van der Waals surface area contributed by atoms with E-state index >= 15 is 0 Å². The summed E-state index contributed by atoms with van der Waals surface area (Å²) in [4.78, 5) is 12.2. The number of benzene rings is 1. The zero-order valence-electron chi connectivity index (χ0n) is 16.6. The maximum Gasteiger partial charge on any atom is 0.338 e. The molecule has 0 bridgehead atoms. The maximum absolute atomic E-state index is 12.2. The highest BCUT2D eigenvalue weighted by molar-refractivity contribution is 5.90. The van der Waals surface area contributed by atoms with Crippen LogP contribution in [0.3, 0.4) is 0 Å². The zero-order valence-corrected chi connectivity index (χ0v) is 16.6. The second-order valence-electron chi connectivity index (χ2n) is 6.40. The van der Waals surface area contributed by atoms with Gasteiger partial charge in [0.1, 0.15) is 0 Å². The van der Waals surface area contributed by atoms with Crippen LogP contribution in [0.1, 0.15) is 34.6 Å². The van der Waals surface area contributed by atoms with E-state index in [1.165, 1.54) is 7.11 Å². The van der Waals surface area contributed by atoms with Crippen LogP contribution in [0.15, 0.2) is 30.6 Å². The number of terminal acetylenes is 2. The number of hydrogen-bond acceptors (Lipinski definition) is 7. The number of carbonyl (C=O) groups excluding carboxylic acids is 1. The van der Waals surface area contributed by atoms with Crippen molar-refractivity contribution in [2.45, 2.75) is 25.8 Å². The molecule has 1 aromatic carbocycles. The molecule has 0 radical (unpaired) electrons. The lowest BCUT2D eigenvalue weighted by Crippen LogP contribution is -2.13. The van der Waals surface area contributed by atoms with Gasteiger partial charge in [-0.15, -0.1) is 29.0 Å². The van der Waals surface area contributed by atoms with E-state index in [1.54, 1.807) is 27.7 Å². The molecule has 9 nitrogen and oxygen atoms in total. The molecule has 9 heteroatoms. The first-order valence-corrected chi connectivity index (χ1v) is 9.29. The van der Waals surface area contributed by atoms with Gasteiger partial charge in [-0.1, -0.05) is 16.3 Å². The number of nitrogens with zero attached hydrogens (tertiary/aromatic N) is 6. The van der Waals surface area contributed by atoms with Crippen molar-refractivity contribution in [2.24, 2.45) is 0 Å². The topological polar surface area (TPSA) is 99.8 Å². The lowest BCUT2D eigenvalue weighted by atomic mass is 10.1. The van der Waals surface area contributed by atoms with E-state index in [9.17, 15) is 4.79 Å². The van der Waals surface area contributed by atoms with Crippen LogP contribution < -0.4 is 5.32 Å². The first-order valence-electron chi connectivity index (χ1n) is 9.29. The number of aryl methyl sites for hydroxylation is 1. The molecule has 0 amide bonds. The average molecular weight is 403 g/mol. The Hall–Kier alpha value is -3.95. The van der Waals surface area contributed by atoms with Crippen molar-refractivity contribution in [3.63, 3.8) is 0 Å². The Morgan fingerprint density at radius 2 is 1.73 bits per heavy atom. The molecule has 0 atom stereocenters. The number of nitrogens with one attached hydrogen (secondary N) is 1. The Bertz CT molecular complexity index is 1020. The van der Waals surface area contributed by atoms with E-state index in [2.05, 4.69) is 37.8 Å². The fourth-order valence-corrected chi connectivity index (χ4v) is 2.77. The van der Waals surface area contributed by atoms with Gasteiger partial charge in [0.05, 0.1) is 54.4 Å². The minimum absolute atomic E-state index is 0.358. The first-order chi connectivity index (χ1) is 14.6. The molecule has 3 aromatic rings. The number of rotatable bonds is 9. The summed E-state index contributed by atoms with van der Waals surface area (Å²) in [6.45, 7) is 0.919. The smallest absolute Gasteiger partial charge is 0.338 e. The third-order valence-electron chi connectivity index (χ3n) is 4.22. The van der Waals surface area contributed by atoms with Gasteiger partial charge in [-0.25, -0.2) is 14.2 Å². The summed E-state index contributed by atoms with van der Waals surface area (Å²) >= 11 is 0. The summed E-state index contributed by atoms with van der Waals surface area (Å²) in [5.41, 5.74) is 3.17. The van der Waals surface area contributed by atoms with E-state index < -0.39 is 5.97 Å². The van der Waals surface area contributed by atoms with Gasteiger partial charge in [0.2, 0.25) is 0 Å². The summed E-state index contributed by atoms with van der Waals surface area (Å²) in [6, 6.07) is 5.19. The minimum atomic E-state index is -0.469. The van der Waals surface area contributed by atoms with Crippen molar-refractivity contribution >= 4 is 5.97 Å². The van der Waals surface area contributed by atoms with Crippen molar-refractivity contribution in [1.82, 2.24) is 35.3 Å². The van der Waals surface area contributed by atoms with Crippen molar-refractivity contribution in [2.75, 3.05) is 13.7 Å². The van der Waals surface area contributed by atoms with Gasteiger partial charge in [-0.3, -0.25) is 0 Å². The molecular formula is C21H21N7O2. The van der Waals surface area contributed by atoms with Crippen LogP contribution in [0.25, 0.3) is 11.4 Å². The van der Waals surface area contributed by atoms with E-state index in [1.807, 2.05) is 12.3 Å². The van der Waals surface area contributed by atoms with E-state index in [0.717, 1.165) is 18.5 Å². The number of unbranched alkanes of at least 4 members (excludes halogenated alkanes) is 1. The number of ether oxygens (including phenoxy) is 1. The molecule has 30 heavy (non-hydrogen) atoms. The average Bonchev–Trinajstić information content (AvgIpc) is 3.43. The standard InChI is InChI=1S/C21H21N7O2/c1-4-6-7-8-17-14-27(25-23-17)19-10-16(21(29)30-3)11-20(12-19)28-15-18(24-26-28)13-22-9-5-2/h1-2,10-12,14-15,22H,6-9,13H2,3H3. The highest BCUT2D eigenvalue weighted by atomic mass is 16.5. The quantitative estimate of drug-likeness (QED) is 0.327. The number of methoxy groups -OCH3 is 1. The van der Waals surface area contributed by atoms with E-state index in [4.69, 9.17) is 17.6 Å². The maximum atomic E-state index is 12.2. The highest BCUT2D eigenvalue weighted by Gasteiger charge is 2.13. The summed E-state index contributed by atoms with van der Waals surface area (Å²) in [5, 5.41) is 19.7. The van der Waals surface area contributed by atoms with E-state index in [0.29, 0.717) is 42.1 Å². The minimum Gasteiger partial charge on any atom is -0.465 e. The van der Waals surface area contributed by atoms with Crippen molar-refractivity contribution in [3.8, 4) is 36.1 Å². The van der Waals surface area contributed by atoms with Crippen LogP contribution in [0.2, 0.25) is 0 Å². The molecule has 0 saturated carbocycles. The van der Waals surface area contributed by atoms with Gasteiger partial charge < -0.3 is 10.1 Å². The van der Waals surface area contributed by atoms with Gasteiger partial charge in [0, 0.05) is 13.0 Å². The molecule has 0 spiro atoms. The number of hydrogen-bond donors (Lipinski definition) is 1. The molecule has 3 rings (SSSR count). The van der Waals surface area contributed by atoms with Crippen LogP contribution in [0.4, 0.5) is 0 Å². The molecule has 2 heterocycles. The Morgan fingerprint density at radius 1 is 1.07 bits per heavy atom. The normalized spacial score (nSPS) is 10.4. The summed E-state index contributed by atoms with van der Waals surface area (Å²) < 4.78 is 8.06. The van der Waals surface area contributed by atoms with E-state index in [-0.39, 0.29) is 0 Å². The number of carbonyl (C=O) groups is 1. The zero-order chi connectivity index (χ0) is 21.3. The Kier molecular flexibility index (Phi) is 6.93. The second kappa shape index (κ2) is 10.0. The highest BCUT2D eigenvalue weighted by Crippen LogP contribution is 2.18. The monoisotopic (exact) mass is 403 g/mol. The predicted octanol–water partition coefficient (Wildman–Crippen LogP) is 1.31. The molecule has 0 aliphatic carbocycles. The van der Waals surface area contributed by atoms with Crippen molar-refractivity contribution in [1.29, 1.82) is 0 Å². The van der Waals surface area contributed by atoms with Crippen LogP contribution in [-0.4, -0.2) is 49.6 Å². The van der Waals surface area contributed by atoms with Gasteiger partial charge in [-0.05, 0) is 31.0 Å². The molecule has 0 saturated heterocycles. The summed E-state index contributed by atoms with van der Waals surface area (Å²) in [7, 11) is 1.33. The van der Waals surface area contributed by atoms with Crippen molar-refractivity contribution < 1.29 is 9.53 Å². The summed E-state index contributed by atoms with van der Waals surface area (Å²) in [6.07, 6.45) is 16.3. The number of aromatic nitrogens is 6. The third-order valence-corrected chi connectivity index (χ3v) is 4.22. The number of esters is 1. The third kappa shape index (κ3) is 5.10. The molecule has 0 aliphatic heterocycles. The largest absolute Gasteiger partial charge is 0.465 e. The van der Waals surface area contributed by atoms with Crippen LogP contribution >= 0.6 is 0 Å². The Morgan fingerprint density at radius 3 is 2.37 bits per heavy atom. The molecule has 1 N–H and O–H groups in total. The van der Waals surface area contributed by atoms with Crippen LogP contribution in [-0.2, 0) is 17.7 Å². The first kappa shape index (κ1) is 20.8. The second-order valence-corrected chi connectivity index (χ2v) is 6.40. The molecule has 0 fully saturated rings. The lowest BCUT2D eigenvalue weighted by molar-refractivity contribution is 0.0600. The molecule has 0 unspecified atom stereocenters. The van der Waals surface area contributed by atoms with Gasteiger partial charge in [0.25, 0.3) is 0 Å². The molecule has 0 aliphatic rings. The van der Waals surface area contributed by atoms with Crippen LogP contribution in [0, 0.1) is 24.7 Å². The lowest BCUT2D eigenvalue weighted by Gasteiger charge is -2.08. The predicted molar refractivity (Wildman–Crippen MR) is 110 cm³/mol. The molecular weight excluding hydrogens is 382 g/mol.